The SMILES string of the molecule is NC(Cc1ccc(Cl)c(Cl)c1)c1ccccc1. The molecular weight excluding hydrogens is 253 g/mol. The van der Waals surface area contributed by atoms with Crippen LogP contribution in [0.25, 0.3) is 0 Å². The van der Waals surface area contributed by atoms with E-state index < -0.39 is 0 Å². The summed E-state index contributed by atoms with van der Waals surface area (Å²) in [7, 11) is 0. The van der Waals surface area contributed by atoms with E-state index in [9.17, 15) is 0 Å². The molecule has 1 unspecified atom stereocenters. The molecule has 0 heterocycles. The summed E-state index contributed by atoms with van der Waals surface area (Å²) in [5, 5.41) is 1.15. The van der Waals surface area contributed by atoms with Crippen LogP contribution in [0, 0.1) is 0 Å². The molecule has 0 saturated heterocycles. The average molecular weight is 266 g/mol. The van der Waals surface area contributed by atoms with Crippen LogP contribution in [0.5, 0.6) is 0 Å². The molecule has 3 heteroatoms. The van der Waals surface area contributed by atoms with Crippen molar-refractivity contribution >= 4 is 23.2 Å². The summed E-state index contributed by atoms with van der Waals surface area (Å²) in [5.74, 6) is 0. The van der Waals surface area contributed by atoms with Crippen molar-refractivity contribution in [1.29, 1.82) is 0 Å². The van der Waals surface area contributed by atoms with Gasteiger partial charge in [-0.05, 0) is 29.7 Å². The van der Waals surface area contributed by atoms with Crippen LogP contribution in [0.2, 0.25) is 10.0 Å². The van der Waals surface area contributed by atoms with Crippen LogP contribution in [-0.2, 0) is 6.42 Å². The first-order valence-corrected chi connectivity index (χ1v) is 6.17. The molecule has 17 heavy (non-hydrogen) atoms. The van der Waals surface area contributed by atoms with Gasteiger partial charge in [0.15, 0.2) is 0 Å². The van der Waals surface area contributed by atoms with Gasteiger partial charge >= 0.3 is 0 Å². The van der Waals surface area contributed by atoms with Crippen LogP contribution < -0.4 is 5.73 Å². The Labute approximate surface area is 111 Å². The lowest BCUT2D eigenvalue weighted by Gasteiger charge is -2.12. The quantitative estimate of drug-likeness (QED) is 0.883. The second kappa shape index (κ2) is 5.54. The zero-order valence-electron chi connectivity index (χ0n) is 9.24. The fourth-order valence-electron chi connectivity index (χ4n) is 1.74. The molecule has 2 aromatic rings. The fourth-order valence-corrected chi connectivity index (χ4v) is 2.06. The Bertz CT molecular complexity index is 497. The molecule has 88 valence electrons. The predicted octanol–water partition coefficient (Wildman–Crippen LogP) is 4.24. The van der Waals surface area contributed by atoms with E-state index in [0.717, 1.165) is 17.5 Å². The Kier molecular flexibility index (Phi) is 4.06. The van der Waals surface area contributed by atoms with Gasteiger partial charge in [-0.2, -0.15) is 0 Å². The molecule has 0 fully saturated rings. The summed E-state index contributed by atoms with van der Waals surface area (Å²) >= 11 is 11.8. The zero-order chi connectivity index (χ0) is 12.3. The number of hydrogen-bond donors (Lipinski definition) is 1. The van der Waals surface area contributed by atoms with Crippen molar-refractivity contribution in [3.8, 4) is 0 Å². The van der Waals surface area contributed by atoms with Crippen LogP contribution in [0.4, 0.5) is 0 Å². The van der Waals surface area contributed by atoms with E-state index in [1.165, 1.54) is 0 Å². The molecule has 0 bridgehead atoms. The average Bonchev–Trinajstić information content (AvgIpc) is 2.35. The van der Waals surface area contributed by atoms with Crippen molar-refractivity contribution < 1.29 is 0 Å². The van der Waals surface area contributed by atoms with Crippen molar-refractivity contribution in [2.75, 3.05) is 0 Å². The minimum atomic E-state index is -0.0200. The van der Waals surface area contributed by atoms with E-state index in [1.54, 1.807) is 6.07 Å². The third kappa shape index (κ3) is 3.22. The van der Waals surface area contributed by atoms with E-state index in [2.05, 4.69) is 0 Å². The largest absolute Gasteiger partial charge is 0.324 e. The highest BCUT2D eigenvalue weighted by Crippen LogP contribution is 2.24. The topological polar surface area (TPSA) is 26.0 Å². The Hall–Kier alpha value is -1.02. The molecule has 0 spiro atoms. The van der Waals surface area contributed by atoms with Gasteiger partial charge in [-0.3, -0.25) is 0 Å². The number of halogens is 2. The van der Waals surface area contributed by atoms with Crippen LogP contribution in [0.1, 0.15) is 17.2 Å². The van der Waals surface area contributed by atoms with E-state index in [4.69, 9.17) is 28.9 Å². The summed E-state index contributed by atoms with van der Waals surface area (Å²) in [4.78, 5) is 0. The number of rotatable bonds is 3. The van der Waals surface area contributed by atoms with E-state index in [-0.39, 0.29) is 6.04 Å². The van der Waals surface area contributed by atoms with Gasteiger partial charge in [-0.15, -0.1) is 0 Å². The second-order valence-corrected chi connectivity index (χ2v) is 4.78. The summed E-state index contributed by atoms with van der Waals surface area (Å²) < 4.78 is 0. The van der Waals surface area contributed by atoms with Gasteiger partial charge in [0.25, 0.3) is 0 Å². The van der Waals surface area contributed by atoms with Crippen molar-refractivity contribution in [1.82, 2.24) is 0 Å². The van der Waals surface area contributed by atoms with Gasteiger partial charge in [0.1, 0.15) is 0 Å². The molecule has 0 saturated carbocycles. The Morgan fingerprint density at radius 3 is 2.29 bits per heavy atom. The minimum Gasteiger partial charge on any atom is -0.324 e. The summed E-state index contributed by atoms with van der Waals surface area (Å²) in [6, 6.07) is 15.6. The summed E-state index contributed by atoms with van der Waals surface area (Å²) in [5.41, 5.74) is 8.36. The van der Waals surface area contributed by atoms with Crippen LogP contribution in [-0.4, -0.2) is 0 Å². The molecule has 2 rings (SSSR count). The van der Waals surface area contributed by atoms with Gasteiger partial charge < -0.3 is 5.73 Å². The van der Waals surface area contributed by atoms with E-state index >= 15 is 0 Å². The van der Waals surface area contributed by atoms with Gasteiger partial charge in [-0.1, -0.05) is 59.6 Å². The normalized spacial score (nSPS) is 12.4. The number of hydrogen-bond acceptors (Lipinski definition) is 1. The smallest absolute Gasteiger partial charge is 0.0595 e. The van der Waals surface area contributed by atoms with Crippen LogP contribution in [0.3, 0.4) is 0 Å². The van der Waals surface area contributed by atoms with E-state index in [1.807, 2.05) is 42.5 Å². The minimum absolute atomic E-state index is 0.0200. The van der Waals surface area contributed by atoms with Gasteiger partial charge in [0, 0.05) is 6.04 Å². The number of nitrogens with two attached hydrogens (primary N) is 1. The third-order valence-corrected chi connectivity index (χ3v) is 3.41. The van der Waals surface area contributed by atoms with Crippen molar-refractivity contribution in [2.24, 2.45) is 5.73 Å². The fraction of sp³-hybridized carbons (Fsp3) is 0.143. The lowest BCUT2D eigenvalue weighted by Crippen LogP contribution is -2.13. The highest BCUT2D eigenvalue weighted by Gasteiger charge is 2.07. The molecule has 0 aliphatic heterocycles. The molecule has 1 nitrogen and oxygen atoms in total. The van der Waals surface area contributed by atoms with Gasteiger partial charge in [0.05, 0.1) is 10.0 Å². The van der Waals surface area contributed by atoms with Crippen molar-refractivity contribution in [2.45, 2.75) is 12.5 Å². The molecule has 0 aliphatic rings. The maximum absolute atomic E-state index is 6.14. The molecule has 0 radical (unpaired) electrons. The molecule has 1 atom stereocenters. The summed E-state index contributed by atoms with van der Waals surface area (Å²) in [6.07, 6.45) is 0.751. The van der Waals surface area contributed by atoms with Gasteiger partial charge in [0.2, 0.25) is 0 Å². The van der Waals surface area contributed by atoms with Gasteiger partial charge in [-0.25, -0.2) is 0 Å². The molecular formula is C14H13Cl2N. The zero-order valence-corrected chi connectivity index (χ0v) is 10.7. The maximum atomic E-state index is 6.14. The molecule has 2 aromatic carbocycles. The Morgan fingerprint density at radius 2 is 1.65 bits per heavy atom. The standard InChI is InChI=1S/C14H13Cl2N/c15-12-7-6-10(8-13(12)16)9-14(17)11-4-2-1-3-5-11/h1-8,14H,9,17H2. The maximum Gasteiger partial charge on any atom is 0.0595 e. The van der Waals surface area contributed by atoms with Crippen LogP contribution >= 0.6 is 23.2 Å². The first-order valence-electron chi connectivity index (χ1n) is 5.41. The monoisotopic (exact) mass is 265 g/mol. The Balaban J connectivity index is 2.13. The Morgan fingerprint density at radius 1 is 0.941 bits per heavy atom. The van der Waals surface area contributed by atoms with E-state index in [0.29, 0.717) is 10.0 Å². The third-order valence-electron chi connectivity index (χ3n) is 2.67. The lowest BCUT2D eigenvalue weighted by molar-refractivity contribution is 0.722. The first-order chi connectivity index (χ1) is 8.16. The summed E-state index contributed by atoms with van der Waals surface area (Å²) in [6.45, 7) is 0. The highest BCUT2D eigenvalue weighted by atomic mass is 35.5. The second-order valence-electron chi connectivity index (χ2n) is 3.97. The lowest BCUT2D eigenvalue weighted by atomic mass is 10.00. The highest BCUT2D eigenvalue weighted by molar-refractivity contribution is 6.42. The van der Waals surface area contributed by atoms with Crippen LogP contribution in [0.15, 0.2) is 48.5 Å². The molecule has 0 aromatic heterocycles. The molecule has 0 amide bonds. The first kappa shape index (κ1) is 12.4. The predicted molar refractivity (Wildman–Crippen MR) is 73.5 cm³/mol. The molecule has 0 aliphatic carbocycles. The molecule has 2 N–H and O–H groups in total. The number of benzene rings is 2. The van der Waals surface area contributed by atoms with Crippen molar-refractivity contribution in [3.63, 3.8) is 0 Å². The van der Waals surface area contributed by atoms with Crippen molar-refractivity contribution in [3.05, 3.63) is 69.7 Å².